The van der Waals surface area contributed by atoms with Crippen molar-refractivity contribution in [3.05, 3.63) is 11.9 Å². The Labute approximate surface area is 101 Å². The summed E-state index contributed by atoms with van der Waals surface area (Å²) in [6.07, 6.45) is 3.73. The number of hydrazine groups is 1. The quantitative estimate of drug-likeness (QED) is 0.533. The van der Waals surface area contributed by atoms with E-state index in [1.165, 1.54) is 19.3 Å². The number of nitrogens with one attached hydrogen (secondary N) is 2. The highest BCUT2D eigenvalue weighted by atomic mass is 15.3. The summed E-state index contributed by atoms with van der Waals surface area (Å²) >= 11 is 0. The molecule has 1 aromatic heterocycles. The van der Waals surface area contributed by atoms with Crippen LogP contribution in [-0.4, -0.2) is 16.5 Å². The molecule has 2 aliphatic carbocycles. The molecular formula is C12H19N5. The maximum atomic E-state index is 5.43. The number of nitrogens with two attached hydrogens (primary N) is 1. The van der Waals surface area contributed by atoms with Gasteiger partial charge < -0.3 is 10.7 Å². The van der Waals surface area contributed by atoms with E-state index in [1.54, 1.807) is 0 Å². The van der Waals surface area contributed by atoms with Gasteiger partial charge in [-0.25, -0.2) is 15.8 Å². The molecule has 2 unspecified atom stereocenters. The van der Waals surface area contributed by atoms with Crippen LogP contribution in [0.3, 0.4) is 0 Å². The SMILES string of the molecule is CC1CC1CNc1cc(NN)nc(C2CC2)n1. The molecule has 0 radical (unpaired) electrons. The summed E-state index contributed by atoms with van der Waals surface area (Å²) in [6.45, 7) is 3.29. The number of aromatic nitrogens is 2. The van der Waals surface area contributed by atoms with Gasteiger partial charge in [-0.1, -0.05) is 6.92 Å². The largest absolute Gasteiger partial charge is 0.370 e. The number of anilines is 2. The van der Waals surface area contributed by atoms with Gasteiger partial charge in [-0.2, -0.15) is 0 Å². The summed E-state index contributed by atoms with van der Waals surface area (Å²) in [5.74, 6) is 10.2. The van der Waals surface area contributed by atoms with E-state index in [2.05, 4.69) is 27.6 Å². The first kappa shape index (κ1) is 10.8. The highest BCUT2D eigenvalue weighted by molar-refractivity contribution is 5.47. The van der Waals surface area contributed by atoms with Gasteiger partial charge in [0.2, 0.25) is 0 Å². The second kappa shape index (κ2) is 4.14. The van der Waals surface area contributed by atoms with Gasteiger partial charge in [0.1, 0.15) is 17.5 Å². The van der Waals surface area contributed by atoms with E-state index < -0.39 is 0 Å². The maximum absolute atomic E-state index is 5.43. The molecule has 5 nitrogen and oxygen atoms in total. The highest BCUT2D eigenvalue weighted by Crippen LogP contribution is 2.39. The van der Waals surface area contributed by atoms with Crippen LogP contribution in [0.2, 0.25) is 0 Å². The molecule has 0 aromatic carbocycles. The molecule has 4 N–H and O–H groups in total. The van der Waals surface area contributed by atoms with Crippen molar-refractivity contribution in [2.75, 3.05) is 17.3 Å². The Morgan fingerprint density at radius 2 is 2.06 bits per heavy atom. The molecular weight excluding hydrogens is 214 g/mol. The smallest absolute Gasteiger partial charge is 0.145 e. The minimum Gasteiger partial charge on any atom is -0.370 e. The van der Waals surface area contributed by atoms with Crippen molar-refractivity contribution in [1.82, 2.24) is 9.97 Å². The molecule has 5 heteroatoms. The summed E-state index contributed by atoms with van der Waals surface area (Å²) in [6, 6.07) is 1.87. The van der Waals surface area contributed by atoms with Gasteiger partial charge >= 0.3 is 0 Å². The summed E-state index contributed by atoms with van der Waals surface area (Å²) < 4.78 is 0. The first-order valence-electron chi connectivity index (χ1n) is 6.35. The van der Waals surface area contributed by atoms with Crippen molar-refractivity contribution in [2.45, 2.75) is 32.1 Å². The monoisotopic (exact) mass is 233 g/mol. The summed E-state index contributed by atoms with van der Waals surface area (Å²) in [5.41, 5.74) is 2.61. The molecule has 1 heterocycles. The van der Waals surface area contributed by atoms with Crippen LogP contribution >= 0.6 is 0 Å². The predicted octanol–water partition coefficient (Wildman–Crippen LogP) is 1.71. The summed E-state index contributed by atoms with van der Waals surface area (Å²) in [4.78, 5) is 8.93. The number of nitrogens with zero attached hydrogens (tertiary/aromatic N) is 2. The van der Waals surface area contributed by atoms with Crippen LogP contribution in [0.25, 0.3) is 0 Å². The van der Waals surface area contributed by atoms with Crippen molar-refractivity contribution in [2.24, 2.45) is 17.7 Å². The Hall–Kier alpha value is -1.36. The molecule has 1 aromatic rings. The van der Waals surface area contributed by atoms with Crippen molar-refractivity contribution < 1.29 is 0 Å². The zero-order valence-corrected chi connectivity index (χ0v) is 10.1. The molecule has 17 heavy (non-hydrogen) atoms. The van der Waals surface area contributed by atoms with E-state index in [1.807, 2.05) is 6.07 Å². The molecule has 0 amide bonds. The number of nitrogen functional groups attached to an aromatic ring is 1. The van der Waals surface area contributed by atoms with E-state index in [-0.39, 0.29) is 0 Å². The minimum absolute atomic E-state index is 0.545. The van der Waals surface area contributed by atoms with Crippen LogP contribution in [0.4, 0.5) is 11.6 Å². The minimum atomic E-state index is 0.545. The van der Waals surface area contributed by atoms with Crippen molar-refractivity contribution in [3.8, 4) is 0 Å². The topological polar surface area (TPSA) is 75.9 Å². The fourth-order valence-corrected chi connectivity index (χ4v) is 2.07. The standard InChI is InChI=1S/C12H19N5/c1-7-4-9(7)6-14-10-5-11(17-13)16-12(15-10)8-2-3-8/h5,7-9H,2-4,6,13H2,1H3,(H2,14,15,16,17). The number of hydrogen-bond acceptors (Lipinski definition) is 5. The van der Waals surface area contributed by atoms with Gasteiger partial charge in [-0.15, -0.1) is 0 Å². The lowest BCUT2D eigenvalue weighted by molar-refractivity contribution is 0.781. The van der Waals surface area contributed by atoms with Gasteiger partial charge in [0.25, 0.3) is 0 Å². The molecule has 2 aliphatic rings. The molecule has 2 atom stereocenters. The molecule has 3 rings (SSSR count). The lowest BCUT2D eigenvalue weighted by atomic mass is 10.3. The second-order valence-corrected chi connectivity index (χ2v) is 5.27. The van der Waals surface area contributed by atoms with Gasteiger partial charge in [0, 0.05) is 18.5 Å². The van der Waals surface area contributed by atoms with E-state index in [9.17, 15) is 0 Å². The predicted molar refractivity (Wildman–Crippen MR) is 67.6 cm³/mol. The Balaban J connectivity index is 1.70. The zero-order chi connectivity index (χ0) is 11.8. The lowest BCUT2D eigenvalue weighted by Gasteiger charge is -2.09. The third kappa shape index (κ3) is 2.49. The van der Waals surface area contributed by atoms with Crippen LogP contribution in [0.1, 0.15) is 37.9 Å². The first-order valence-corrected chi connectivity index (χ1v) is 6.35. The molecule has 2 saturated carbocycles. The van der Waals surface area contributed by atoms with Crippen LogP contribution < -0.4 is 16.6 Å². The van der Waals surface area contributed by atoms with E-state index >= 15 is 0 Å². The molecule has 0 bridgehead atoms. The Morgan fingerprint density at radius 1 is 1.35 bits per heavy atom. The third-order valence-corrected chi connectivity index (χ3v) is 3.66. The Morgan fingerprint density at radius 3 is 2.65 bits per heavy atom. The van der Waals surface area contributed by atoms with Crippen molar-refractivity contribution in [1.29, 1.82) is 0 Å². The van der Waals surface area contributed by atoms with E-state index in [0.29, 0.717) is 11.7 Å². The Bertz CT molecular complexity index is 415. The van der Waals surface area contributed by atoms with Gasteiger partial charge in [-0.3, -0.25) is 0 Å². The highest BCUT2D eigenvalue weighted by Gasteiger charge is 2.32. The molecule has 0 spiro atoms. The van der Waals surface area contributed by atoms with Crippen molar-refractivity contribution >= 4 is 11.6 Å². The number of hydrogen-bond donors (Lipinski definition) is 3. The van der Waals surface area contributed by atoms with Crippen LogP contribution in [0.15, 0.2) is 6.07 Å². The van der Waals surface area contributed by atoms with Gasteiger partial charge in [-0.05, 0) is 31.1 Å². The van der Waals surface area contributed by atoms with Crippen LogP contribution in [0, 0.1) is 11.8 Å². The van der Waals surface area contributed by atoms with Crippen LogP contribution in [-0.2, 0) is 0 Å². The van der Waals surface area contributed by atoms with E-state index in [0.717, 1.165) is 30.0 Å². The average Bonchev–Trinajstić information content (AvgIpc) is 3.22. The molecule has 92 valence electrons. The van der Waals surface area contributed by atoms with E-state index in [4.69, 9.17) is 5.84 Å². The zero-order valence-electron chi connectivity index (χ0n) is 10.1. The first-order chi connectivity index (χ1) is 8.26. The second-order valence-electron chi connectivity index (χ2n) is 5.27. The molecule has 0 saturated heterocycles. The fraction of sp³-hybridized carbons (Fsp3) is 0.667. The average molecular weight is 233 g/mol. The maximum Gasteiger partial charge on any atom is 0.145 e. The van der Waals surface area contributed by atoms with Gasteiger partial charge in [0.05, 0.1) is 0 Å². The molecule has 2 fully saturated rings. The summed E-state index contributed by atoms with van der Waals surface area (Å²) in [7, 11) is 0. The number of rotatable bonds is 5. The van der Waals surface area contributed by atoms with Gasteiger partial charge in [0.15, 0.2) is 0 Å². The Kier molecular flexibility index (Phi) is 2.63. The van der Waals surface area contributed by atoms with Crippen molar-refractivity contribution in [3.63, 3.8) is 0 Å². The normalized spacial score (nSPS) is 26.7. The summed E-state index contributed by atoms with van der Waals surface area (Å²) in [5, 5.41) is 3.39. The lowest BCUT2D eigenvalue weighted by Crippen LogP contribution is -2.13. The van der Waals surface area contributed by atoms with Crippen LogP contribution in [0.5, 0.6) is 0 Å². The fourth-order valence-electron chi connectivity index (χ4n) is 2.07. The third-order valence-electron chi connectivity index (χ3n) is 3.66. The molecule has 0 aliphatic heterocycles.